The van der Waals surface area contributed by atoms with Crippen molar-refractivity contribution in [3.8, 4) is 23.0 Å². The van der Waals surface area contributed by atoms with Crippen LogP contribution in [0.4, 0.5) is 0 Å². The molecule has 0 unspecified atom stereocenters. The molecule has 28 heavy (non-hydrogen) atoms. The maximum absolute atomic E-state index is 6.05. The van der Waals surface area contributed by atoms with Gasteiger partial charge in [-0.15, -0.1) is 0 Å². The minimum Gasteiger partial charge on any atom is -0.489 e. The lowest BCUT2D eigenvalue weighted by Crippen LogP contribution is -2.34. The van der Waals surface area contributed by atoms with Crippen LogP contribution in [0.15, 0.2) is 53.3 Å². The number of nitrogens with zero attached hydrogens (tertiary/aromatic N) is 4. The number of rotatable bonds is 4. The molecule has 7 nitrogen and oxygen atoms in total. The van der Waals surface area contributed by atoms with Gasteiger partial charge in [0.15, 0.2) is 5.82 Å². The molecule has 7 heteroatoms. The molecule has 0 aliphatic carbocycles. The molecule has 1 aliphatic rings. The third-order valence-corrected chi connectivity index (χ3v) is 5.02. The molecule has 0 radical (unpaired) electrons. The molecule has 1 aliphatic heterocycles. The molecule has 0 atom stereocenters. The number of nitrogens with one attached hydrogen (secondary N) is 1. The Hall–Kier alpha value is -3.19. The van der Waals surface area contributed by atoms with E-state index >= 15 is 0 Å². The predicted octanol–water partition coefficient (Wildman–Crippen LogP) is 3.51. The van der Waals surface area contributed by atoms with E-state index in [2.05, 4.69) is 31.1 Å². The van der Waals surface area contributed by atoms with E-state index in [0.717, 1.165) is 54.0 Å². The van der Waals surface area contributed by atoms with Gasteiger partial charge in [-0.2, -0.15) is 4.98 Å². The molecule has 1 fully saturated rings. The molecule has 0 bridgehead atoms. The van der Waals surface area contributed by atoms with Crippen LogP contribution < -0.4 is 10.1 Å². The van der Waals surface area contributed by atoms with Gasteiger partial charge in [0.1, 0.15) is 17.7 Å². The summed E-state index contributed by atoms with van der Waals surface area (Å²) in [5.41, 5.74) is 1.98. The highest BCUT2D eigenvalue weighted by Gasteiger charge is 2.15. The molecule has 4 aromatic rings. The number of pyridine rings is 1. The van der Waals surface area contributed by atoms with Gasteiger partial charge in [-0.1, -0.05) is 5.16 Å². The van der Waals surface area contributed by atoms with E-state index in [1.54, 1.807) is 6.20 Å². The predicted molar refractivity (Wildman–Crippen MR) is 106 cm³/mol. The number of fused-ring (bicyclic) bond motifs is 1. The van der Waals surface area contributed by atoms with Crippen molar-refractivity contribution in [3.63, 3.8) is 0 Å². The lowest BCUT2D eigenvalue weighted by atomic mass is 10.1. The van der Waals surface area contributed by atoms with E-state index in [1.807, 2.05) is 43.5 Å². The monoisotopic (exact) mass is 375 g/mol. The first kappa shape index (κ1) is 16.9. The van der Waals surface area contributed by atoms with Crippen molar-refractivity contribution < 1.29 is 9.26 Å². The topological polar surface area (TPSA) is 78.0 Å². The summed E-state index contributed by atoms with van der Waals surface area (Å²) < 4.78 is 13.4. The zero-order valence-electron chi connectivity index (χ0n) is 15.6. The van der Waals surface area contributed by atoms with E-state index in [0.29, 0.717) is 11.7 Å². The number of benzene rings is 1. The van der Waals surface area contributed by atoms with Crippen molar-refractivity contribution in [2.75, 3.05) is 13.1 Å². The normalized spacial score (nSPS) is 15.2. The Morgan fingerprint density at radius 2 is 2.04 bits per heavy atom. The van der Waals surface area contributed by atoms with Crippen LogP contribution in [-0.4, -0.2) is 38.9 Å². The standard InChI is InChI=1S/C21H21N5O2/c1-14-24-21(28-25-14)16-2-4-19-15(12-16)8-11-26(19)20-5-3-18(13-23-20)27-17-6-9-22-10-7-17/h2-5,8,11-13,17,22H,6-7,9-10H2,1H3. The Balaban J connectivity index is 1.39. The summed E-state index contributed by atoms with van der Waals surface area (Å²) in [6.07, 6.45) is 6.16. The quantitative estimate of drug-likeness (QED) is 0.588. The highest BCUT2D eigenvalue weighted by atomic mass is 16.5. The van der Waals surface area contributed by atoms with Crippen LogP contribution in [0.5, 0.6) is 5.75 Å². The van der Waals surface area contributed by atoms with Gasteiger partial charge >= 0.3 is 0 Å². The fourth-order valence-electron chi connectivity index (χ4n) is 3.58. The lowest BCUT2D eigenvalue weighted by Gasteiger charge is -2.23. The molecule has 1 saturated heterocycles. The average molecular weight is 375 g/mol. The average Bonchev–Trinajstić information content (AvgIpc) is 3.35. The summed E-state index contributed by atoms with van der Waals surface area (Å²) >= 11 is 0. The van der Waals surface area contributed by atoms with Gasteiger partial charge in [-0.3, -0.25) is 0 Å². The highest BCUT2D eigenvalue weighted by molar-refractivity contribution is 5.85. The van der Waals surface area contributed by atoms with E-state index in [9.17, 15) is 0 Å². The molecule has 142 valence electrons. The number of aryl methyl sites for hydroxylation is 1. The van der Waals surface area contributed by atoms with Gasteiger partial charge in [0, 0.05) is 17.1 Å². The summed E-state index contributed by atoms with van der Waals surface area (Å²) in [6.45, 7) is 3.83. The summed E-state index contributed by atoms with van der Waals surface area (Å²) in [5.74, 6) is 2.84. The van der Waals surface area contributed by atoms with Crippen molar-refractivity contribution in [3.05, 3.63) is 54.6 Å². The second-order valence-electron chi connectivity index (χ2n) is 7.03. The summed E-state index contributed by atoms with van der Waals surface area (Å²) in [5, 5.41) is 8.30. The van der Waals surface area contributed by atoms with Crippen molar-refractivity contribution >= 4 is 10.9 Å². The Morgan fingerprint density at radius 1 is 1.14 bits per heavy atom. The van der Waals surface area contributed by atoms with Crippen LogP contribution in [0.2, 0.25) is 0 Å². The second kappa shape index (κ2) is 7.09. The summed E-state index contributed by atoms with van der Waals surface area (Å²) in [6, 6.07) is 12.1. The van der Waals surface area contributed by atoms with Crippen LogP contribution in [0.3, 0.4) is 0 Å². The number of aromatic nitrogens is 4. The maximum atomic E-state index is 6.05. The smallest absolute Gasteiger partial charge is 0.257 e. The van der Waals surface area contributed by atoms with Crippen LogP contribution in [0, 0.1) is 6.92 Å². The Labute approximate surface area is 162 Å². The Morgan fingerprint density at radius 3 is 2.79 bits per heavy atom. The molecular formula is C21H21N5O2. The zero-order valence-corrected chi connectivity index (χ0v) is 15.6. The van der Waals surface area contributed by atoms with Gasteiger partial charge in [-0.25, -0.2) is 4.98 Å². The molecule has 5 rings (SSSR count). The molecule has 4 heterocycles. The van der Waals surface area contributed by atoms with E-state index in [1.165, 1.54) is 0 Å². The highest BCUT2D eigenvalue weighted by Crippen LogP contribution is 2.26. The minimum absolute atomic E-state index is 0.271. The van der Waals surface area contributed by atoms with Gasteiger partial charge in [0.25, 0.3) is 5.89 Å². The first-order valence-electron chi connectivity index (χ1n) is 9.52. The third-order valence-electron chi connectivity index (χ3n) is 5.02. The maximum Gasteiger partial charge on any atom is 0.257 e. The number of piperidine rings is 1. The van der Waals surface area contributed by atoms with Gasteiger partial charge in [0.2, 0.25) is 0 Å². The summed E-state index contributed by atoms with van der Waals surface area (Å²) in [7, 11) is 0. The molecule has 1 N–H and O–H groups in total. The van der Waals surface area contributed by atoms with E-state index in [-0.39, 0.29) is 6.10 Å². The second-order valence-corrected chi connectivity index (χ2v) is 7.03. The number of hydrogen-bond acceptors (Lipinski definition) is 6. The largest absolute Gasteiger partial charge is 0.489 e. The molecular weight excluding hydrogens is 354 g/mol. The lowest BCUT2D eigenvalue weighted by molar-refractivity contribution is 0.162. The van der Waals surface area contributed by atoms with Crippen molar-refractivity contribution in [1.82, 2.24) is 25.0 Å². The molecule has 0 amide bonds. The number of ether oxygens (including phenoxy) is 1. The van der Waals surface area contributed by atoms with Crippen LogP contribution in [0.1, 0.15) is 18.7 Å². The summed E-state index contributed by atoms with van der Waals surface area (Å²) in [4.78, 5) is 8.90. The van der Waals surface area contributed by atoms with Crippen LogP contribution in [0.25, 0.3) is 28.2 Å². The number of hydrogen-bond donors (Lipinski definition) is 1. The fourth-order valence-corrected chi connectivity index (χ4v) is 3.58. The van der Waals surface area contributed by atoms with Crippen molar-refractivity contribution in [1.29, 1.82) is 0 Å². The zero-order chi connectivity index (χ0) is 18.9. The molecule has 0 spiro atoms. The minimum atomic E-state index is 0.271. The fraction of sp³-hybridized carbons (Fsp3) is 0.286. The molecule has 0 saturated carbocycles. The van der Waals surface area contributed by atoms with Crippen molar-refractivity contribution in [2.45, 2.75) is 25.9 Å². The molecule has 1 aromatic carbocycles. The molecule has 3 aromatic heterocycles. The van der Waals surface area contributed by atoms with E-state index < -0.39 is 0 Å². The Kier molecular flexibility index (Phi) is 4.29. The third kappa shape index (κ3) is 3.25. The first-order valence-corrected chi connectivity index (χ1v) is 9.52. The van der Waals surface area contributed by atoms with Crippen LogP contribution in [-0.2, 0) is 0 Å². The van der Waals surface area contributed by atoms with Gasteiger partial charge in [0.05, 0.1) is 11.7 Å². The van der Waals surface area contributed by atoms with Crippen LogP contribution >= 0.6 is 0 Å². The SMILES string of the molecule is Cc1noc(-c2ccc3c(ccn3-c3ccc(OC4CCNCC4)cn3)c2)n1. The Bertz CT molecular complexity index is 1090. The van der Waals surface area contributed by atoms with Gasteiger partial charge in [-0.05, 0) is 69.3 Å². The van der Waals surface area contributed by atoms with Gasteiger partial charge < -0.3 is 19.1 Å². The first-order chi connectivity index (χ1) is 13.8. The van der Waals surface area contributed by atoms with E-state index in [4.69, 9.17) is 9.26 Å². The van der Waals surface area contributed by atoms with Crippen molar-refractivity contribution in [2.24, 2.45) is 0 Å².